The molecule has 10 heteroatoms. The highest BCUT2D eigenvalue weighted by Gasteiger charge is 2.25. The molecule has 0 aromatic carbocycles. The minimum absolute atomic E-state index is 0.124. The average Bonchev–Trinajstić information content (AvgIpc) is 2.90. The molecule has 1 fully saturated rings. The van der Waals surface area contributed by atoms with E-state index in [9.17, 15) is 13.2 Å². The van der Waals surface area contributed by atoms with Crippen molar-refractivity contribution in [3.05, 3.63) is 22.4 Å². The normalized spacial score (nSPS) is 17.8. The van der Waals surface area contributed by atoms with Gasteiger partial charge in [0.1, 0.15) is 11.2 Å². The van der Waals surface area contributed by atoms with Crippen LogP contribution in [-0.2, 0) is 23.6 Å². The number of rotatable bonds is 4. The molecular weight excluding hydrogens is 320 g/mol. The summed E-state index contributed by atoms with van der Waals surface area (Å²) in [6.45, 7) is 4.30. The van der Waals surface area contributed by atoms with Crippen LogP contribution in [0.15, 0.2) is 11.0 Å². The molecule has 1 aliphatic heterocycles. The number of nitrogens with zero attached hydrogens (tertiary/aromatic N) is 5. The molecule has 23 heavy (non-hydrogen) atoms. The van der Waals surface area contributed by atoms with E-state index in [1.54, 1.807) is 18.7 Å². The molecule has 3 heterocycles. The van der Waals surface area contributed by atoms with Gasteiger partial charge < -0.3 is 4.98 Å². The molecule has 0 saturated carbocycles. The SMILES string of the molecule is CCS(=O)(=O)N1CCN(Cc2nc3c(cnn3C)c(=O)[nH]2)CC1. The largest absolute Gasteiger partial charge is 0.309 e. The van der Waals surface area contributed by atoms with Gasteiger partial charge in [-0.25, -0.2) is 13.4 Å². The summed E-state index contributed by atoms with van der Waals surface area (Å²) in [7, 11) is -1.39. The van der Waals surface area contributed by atoms with Crippen molar-refractivity contribution >= 4 is 21.1 Å². The van der Waals surface area contributed by atoms with E-state index in [-0.39, 0.29) is 11.3 Å². The Balaban J connectivity index is 1.72. The molecular formula is C13H20N6O3S. The van der Waals surface area contributed by atoms with Crippen molar-refractivity contribution < 1.29 is 8.42 Å². The molecule has 1 saturated heterocycles. The summed E-state index contributed by atoms with van der Waals surface area (Å²) in [4.78, 5) is 21.3. The molecule has 0 atom stereocenters. The van der Waals surface area contributed by atoms with Crippen molar-refractivity contribution in [2.45, 2.75) is 13.5 Å². The molecule has 0 unspecified atom stereocenters. The Morgan fingerprint density at radius 2 is 1.96 bits per heavy atom. The summed E-state index contributed by atoms with van der Waals surface area (Å²) >= 11 is 0. The van der Waals surface area contributed by atoms with Crippen LogP contribution in [0.3, 0.4) is 0 Å². The van der Waals surface area contributed by atoms with Gasteiger partial charge >= 0.3 is 0 Å². The first kappa shape index (κ1) is 16.1. The Morgan fingerprint density at radius 3 is 2.61 bits per heavy atom. The quantitative estimate of drug-likeness (QED) is 0.775. The number of nitrogens with one attached hydrogen (secondary N) is 1. The molecule has 1 N–H and O–H groups in total. The van der Waals surface area contributed by atoms with Crippen molar-refractivity contribution in [2.24, 2.45) is 7.05 Å². The van der Waals surface area contributed by atoms with Gasteiger partial charge in [0.25, 0.3) is 5.56 Å². The fourth-order valence-corrected chi connectivity index (χ4v) is 3.80. The Kier molecular flexibility index (Phi) is 4.21. The Labute approximate surface area is 134 Å². The molecule has 9 nitrogen and oxygen atoms in total. The van der Waals surface area contributed by atoms with Gasteiger partial charge in [0.15, 0.2) is 5.65 Å². The van der Waals surface area contributed by atoms with Crippen molar-refractivity contribution in [3.63, 3.8) is 0 Å². The molecule has 126 valence electrons. The third kappa shape index (κ3) is 3.14. The lowest BCUT2D eigenvalue weighted by Crippen LogP contribution is -2.48. The first-order chi connectivity index (χ1) is 10.9. The number of aryl methyl sites for hydroxylation is 1. The highest BCUT2D eigenvalue weighted by atomic mass is 32.2. The second-order valence-electron chi connectivity index (χ2n) is 5.59. The molecule has 0 spiro atoms. The Hall–Kier alpha value is -1.78. The molecule has 2 aromatic rings. The van der Waals surface area contributed by atoms with Crippen LogP contribution in [0.1, 0.15) is 12.7 Å². The Bertz CT molecular complexity index is 863. The zero-order valence-electron chi connectivity index (χ0n) is 13.2. The van der Waals surface area contributed by atoms with Crippen LogP contribution in [0.25, 0.3) is 11.0 Å². The fraction of sp³-hybridized carbons (Fsp3) is 0.615. The van der Waals surface area contributed by atoms with Gasteiger partial charge in [0, 0.05) is 33.2 Å². The van der Waals surface area contributed by atoms with Crippen LogP contribution < -0.4 is 5.56 Å². The lowest BCUT2D eigenvalue weighted by Gasteiger charge is -2.33. The predicted molar refractivity (Wildman–Crippen MR) is 85.4 cm³/mol. The summed E-state index contributed by atoms with van der Waals surface area (Å²) in [5, 5.41) is 4.51. The smallest absolute Gasteiger partial charge is 0.262 e. The van der Waals surface area contributed by atoms with Crippen molar-refractivity contribution in [1.82, 2.24) is 29.0 Å². The van der Waals surface area contributed by atoms with Crippen LogP contribution in [0.5, 0.6) is 0 Å². The molecule has 0 amide bonds. The third-order valence-electron chi connectivity index (χ3n) is 4.11. The lowest BCUT2D eigenvalue weighted by atomic mass is 10.3. The third-order valence-corrected chi connectivity index (χ3v) is 6.00. The van der Waals surface area contributed by atoms with E-state index >= 15 is 0 Å². The van der Waals surface area contributed by atoms with E-state index in [1.165, 1.54) is 10.5 Å². The van der Waals surface area contributed by atoms with Gasteiger partial charge in [-0.1, -0.05) is 0 Å². The molecule has 0 radical (unpaired) electrons. The number of sulfonamides is 1. The predicted octanol–water partition coefficient (Wildman–Crippen LogP) is -0.876. The maximum absolute atomic E-state index is 12.0. The van der Waals surface area contributed by atoms with Gasteiger partial charge in [-0.15, -0.1) is 0 Å². The molecule has 0 aliphatic carbocycles. The van der Waals surface area contributed by atoms with Crippen LogP contribution >= 0.6 is 0 Å². The number of piperazine rings is 1. The number of fused-ring (bicyclic) bond motifs is 1. The number of H-pyrrole nitrogens is 1. The van der Waals surface area contributed by atoms with Gasteiger partial charge in [0.2, 0.25) is 10.0 Å². The lowest BCUT2D eigenvalue weighted by molar-refractivity contribution is 0.178. The minimum atomic E-state index is -3.13. The average molecular weight is 340 g/mol. The summed E-state index contributed by atoms with van der Waals surface area (Å²) < 4.78 is 26.8. The number of aromatic amines is 1. The maximum atomic E-state index is 12.0. The molecule has 3 rings (SSSR count). The highest BCUT2D eigenvalue weighted by molar-refractivity contribution is 7.89. The number of hydrogen-bond acceptors (Lipinski definition) is 6. The van der Waals surface area contributed by atoms with Crippen LogP contribution in [-0.4, -0.2) is 69.3 Å². The standard InChI is InChI=1S/C13H20N6O3S/c1-3-23(21,22)19-6-4-18(5-7-19)9-11-15-12-10(13(20)16-11)8-14-17(12)2/h8H,3-7,9H2,1-2H3,(H,15,16,20). The van der Waals surface area contributed by atoms with E-state index in [0.717, 1.165) is 0 Å². The zero-order chi connectivity index (χ0) is 16.6. The Morgan fingerprint density at radius 1 is 1.26 bits per heavy atom. The minimum Gasteiger partial charge on any atom is -0.309 e. The maximum Gasteiger partial charge on any atom is 0.262 e. The molecule has 2 aromatic heterocycles. The number of aromatic nitrogens is 4. The van der Waals surface area contributed by atoms with Gasteiger partial charge in [-0.3, -0.25) is 14.4 Å². The second-order valence-corrected chi connectivity index (χ2v) is 7.85. The van der Waals surface area contributed by atoms with Gasteiger partial charge in [-0.2, -0.15) is 9.40 Å². The molecule has 0 bridgehead atoms. The van der Waals surface area contributed by atoms with E-state index < -0.39 is 10.0 Å². The monoisotopic (exact) mass is 340 g/mol. The topological polar surface area (TPSA) is 104 Å². The van der Waals surface area contributed by atoms with Crippen LogP contribution in [0.2, 0.25) is 0 Å². The van der Waals surface area contributed by atoms with Gasteiger partial charge in [-0.05, 0) is 6.92 Å². The second kappa shape index (κ2) is 6.02. The summed E-state index contributed by atoms with van der Waals surface area (Å²) in [6, 6.07) is 0. The fourth-order valence-electron chi connectivity index (χ4n) is 2.71. The number of hydrogen-bond donors (Lipinski definition) is 1. The summed E-state index contributed by atoms with van der Waals surface area (Å²) in [5.74, 6) is 0.692. The summed E-state index contributed by atoms with van der Waals surface area (Å²) in [5.41, 5.74) is 0.348. The first-order valence-electron chi connectivity index (χ1n) is 7.52. The first-order valence-corrected chi connectivity index (χ1v) is 9.12. The highest BCUT2D eigenvalue weighted by Crippen LogP contribution is 2.11. The van der Waals surface area contributed by atoms with Crippen molar-refractivity contribution in [1.29, 1.82) is 0 Å². The van der Waals surface area contributed by atoms with Crippen molar-refractivity contribution in [3.8, 4) is 0 Å². The van der Waals surface area contributed by atoms with Crippen LogP contribution in [0.4, 0.5) is 0 Å². The van der Waals surface area contributed by atoms with E-state index in [4.69, 9.17) is 0 Å². The van der Waals surface area contributed by atoms with Gasteiger partial charge in [0.05, 0.1) is 18.5 Å². The van der Waals surface area contributed by atoms with E-state index in [1.807, 2.05) is 0 Å². The van der Waals surface area contributed by atoms with E-state index in [0.29, 0.717) is 49.6 Å². The van der Waals surface area contributed by atoms with Crippen molar-refractivity contribution in [2.75, 3.05) is 31.9 Å². The zero-order valence-corrected chi connectivity index (χ0v) is 14.0. The molecule has 1 aliphatic rings. The summed E-state index contributed by atoms with van der Waals surface area (Å²) in [6.07, 6.45) is 1.50. The van der Waals surface area contributed by atoms with Crippen LogP contribution in [0, 0.1) is 0 Å². The van der Waals surface area contributed by atoms with E-state index in [2.05, 4.69) is 20.0 Å².